The van der Waals surface area contributed by atoms with Crippen LogP contribution in [0.25, 0.3) is 0 Å². The van der Waals surface area contributed by atoms with Crippen molar-refractivity contribution < 1.29 is 4.79 Å². The first-order chi connectivity index (χ1) is 13.3. The number of benzene rings is 2. The van der Waals surface area contributed by atoms with Gasteiger partial charge in [-0.25, -0.2) is 0 Å². The largest absolute Gasteiger partial charge is 0.280 e. The molecule has 1 heterocycles. The van der Waals surface area contributed by atoms with Crippen molar-refractivity contribution in [2.24, 2.45) is 15.3 Å². The van der Waals surface area contributed by atoms with Gasteiger partial charge in [-0.1, -0.05) is 57.2 Å². The summed E-state index contributed by atoms with van der Waals surface area (Å²) in [6.45, 7) is 11.9. The van der Waals surface area contributed by atoms with Gasteiger partial charge in [-0.15, -0.1) is 6.58 Å². The molecule has 0 fully saturated rings. The number of carbonyl (C=O) groups is 1. The first-order valence-electron chi connectivity index (χ1n) is 9.40. The van der Waals surface area contributed by atoms with Crippen LogP contribution in [-0.2, 0) is 16.6 Å². The van der Waals surface area contributed by atoms with E-state index in [1.165, 1.54) is 5.01 Å². The molecule has 0 radical (unpaired) electrons. The molecule has 144 valence electrons. The molecule has 1 atom stereocenters. The van der Waals surface area contributed by atoms with Gasteiger partial charge >= 0.3 is 0 Å². The normalized spacial score (nSPS) is 17.3. The van der Waals surface area contributed by atoms with E-state index in [-0.39, 0.29) is 11.3 Å². The van der Waals surface area contributed by atoms with Crippen molar-refractivity contribution >= 4 is 23.0 Å². The summed E-state index contributed by atoms with van der Waals surface area (Å²) in [5.41, 5.74) is 4.32. The fourth-order valence-corrected chi connectivity index (χ4v) is 3.13. The zero-order valence-electron chi connectivity index (χ0n) is 16.9. The second-order valence-electron chi connectivity index (χ2n) is 7.94. The molecule has 0 N–H and O–H groups in total. The lowest BCUT2D eigenvalue weighted by molar-refractivity contribution is -0.117. The molecule has 0 aromatic heterocycles. The van der Waals surface area contributed by atoms with Gasteiger partial charge in [-0.2, -0.15) is 20.3 Å². The van der Waals surface area contributed by atoms with Crippen molar-refractivity contribution in [3.05, 3.63) is 72.3 Å². The van der Waals surface area contributed by atoms with Crippen LogP contribution in [0.1, 0.15) is 38.8 Å². The van der Waals surface area contributed by atoms with Gasteiger partial charge in [-0.05, 0) is 48.1 Å². The van der Waals surface area contributed by atoms with E-state index < -0.39 is 6.04 Å². The van der Waals surface area contributed by atoms with Crippen molar-refractivity contribution in [3.63, 3.8) is 0 Å². The third-order valence-electron chi connectivity index (χ3n) is 4.65. The fourth-order valence-electron chi connectivity index (χ4n) is 3.13. The Morgan fingerprint density at radius 2 is 1.82 bits per heavy atom. The maximum atomic E-state index is 12.9. The summed E-state index contributed by atoms with van der Waals surface area (Å²) in [5.74, 6) is -0.189. The lowest BCUT2D eigenvalue weighted by Gasteiger charge is -2.20. The van der Waals surface area contributed by atoms with Crippen LogP contribution in [0.3, 0.4) is 0 Å². The van der Waals surface area contributed by atoms with Crippen LogP contribution in [0.4, 0.5) is 11.4 Å². The highest BCUT2D eigenvalue weighted by molar-refractivity contribution is 6.18. The molecule has 0 bridgehead atoms. The van der Waals surface area contributed by atoms with E-state index in [4.69, 9.17) is 0 Å². The number of hydrogen-bond donors (Lipinski definition) is 0. The van der Waals surface area contributed by atoms with Gasteiger partial charge in [0, 0.05) is 0 Å². The molecule has 5 heteroatoms. The summed E-state index contributed by atoms with van der Waals surface area (Å²) in [6.07, 6.45) is 2.64. The molecule has 3 rings (SSSR count). The average molecular weight is 374 g/mol. The average Bonchev–Trinajstić information content (AvgIpc) is 2.94. The lowest BCUT2D eigenvalue weighted by Crippen LogP contribution is -2.29. The zero-order valence-corrected chi connectivity index (χ0v) is 16.9. The fraction of sp³-hybridized carbons (Fsp3) is 0.304. The van der Waals surface area contributed by atoms with Crippen molar-refractivity contribution in [1.29, 1.82) is 0 Å². The summed E-state index contributed by atoms with van der Waals surface area (Å²) in [5, 5.41) is 14.6. The van der Waals surface area contributed by atoms with Crippen molar-refractivity contribution in [2.45, 2.75) is 45.6 Å². The number of azo groups is 1. The lowest BCUT2D eigenvalue weighted by atomic mass is 9.86. The highest BCUT2D eigenvalue weighted by Crippen LogP contribution is 2.32. The number of hydrazone groups is 1. The van der Waals surface area contributed by atoms with Gasteiger partial charge in [0.2, 0.25) is 0 Å². The van der Waals surface area contributed by atoms with Gasteiger partial charge in [-0.3, -0.25) is 4.79 Å². The van der Waals surface area contributed by atoms with Crippen LogP contribution in [0, 0.1) is 0 Å². The van der Waals surface area contributed by atoms with Gasteiger partial charge in [0.25, 0.3) is 5.91 Å². The predicted molar refractivity (Wildman–Crippen MR) is 114 cm³/mol. The van der Waals surface area contributed by atoms with Gasteiger partial charge in [0.05, 0.1) is 17.1 Å². The van der Waals surface area contributed by atoms with Crippen LogP contribution in [0.5, 0.6) is 0 Å². The maximum Gasteiger partial charge on any atom is 0.280 e. The van der Waals surface area contributed by atoms with E-state index in [2.05, 4.69) is 42.7 Å². The molecule has 28 heavy (non-hydrogen) atoms. The molecule has 2 aromatic carbocycles. The second-order valence-corrected chi connectivity index (χ2v) is 7.94. The Morgan fingerprint density at radius 1 is 1.14 bits per heavy atom. The second kappa shape index (κ2) is 7.89. The van der Waals surface area contributed by atoms with Gasteiger partial charge < -0.3 is 0 Å². The van der Waals surface area contributed by atoms with Crippen molar-refractivity contribution in [1.82, 2.24) is 0 Å². The highest BCUT2D eigenvalue weighted by atomic mass is 16.2. The van der Waals surface area contributed by atoms with E-state index >= 15 is 0 Å². The number of allylic oxidation sites excluding steroid dienone is 1. The third kappa shape index (κ3) is 4.09. The molecule has 0 aliphatic carbocycles. The van der Waals surface area contributed by atoms with E-state index in [1.54, 1.807) is 0 Å². The van der Waals surface area contributed by atoms with E-state index in [0.29, 0.717) is 5.71 Å². The van der Waals surface area contributed by atoms with Crippen LogP contribution in [-0.4, -0.2) is 17.7 Å². The molecule has 1 aliphatic heterocycles. The standard InChI is InChI=1S/C23H26N4O/c1-6-9-17-12-14-18(15-13-17)27-22(28)21(16(2)26-27)25-24-20-11-8-7-10-19(20)23(3,4)5/h6-8,10-15,21H,1,9H2,2-5H3. The number of amides is 1. The Balaban J connectivity index is 1.82. The summed E-state index contributed by atoms with van der Waals surface area (Å²) < 4.78 is 0. The van der Waals surface area contributed by atoms with Crippen molar-refractivity contribution in [2.75, 3.05) is 5.01 Å². The Bertz CT molecular complexity index is 936. The molecule has 0 saturated carbocycles. The minimum atomic E-state index is -0.694. The summed E-state index contributed by atoms with van der Waals surface area (Å²) in [6, 6.07) is 14.9. The number of carbonyl (C=O) groups excluding carboxylic acids is 1. The molecule has 1 aliphatic rings. The number of nitrogens with zero attached hydrogens (tertiary/aromatic N) is 4. The van der Waals surface area contributed by atoms with Crippen molar-refractivity contribution in [3.8, 4) is 0 Å². The van der Waals surface area contributed by atoms with E-state index in [0.717, 1.165) is 28.9 Å². The zero-order chi connectivity index (χ0) is 20.3. The smallest absolute Gasteiger partial charge is 0.269 e. The summed E-state index contributed by atoms with van der Waals surface area (Å²) >= 11 is 0. The topological polar surface area (TPSA) is 57.4 Å². The maximum absolute atomic E-state index is 12.9. The van der Waals surface area contributed by atoms with Crippen LogP contribution in [0.15, 0.2) is 76.5 Å². The van der Waals surface area contributed by atoms with Gasteiger partial charge in [0.15, 0.2) is 6.04 Å². The van der Waals surface area contributed by atoms with Crippen LogP contribution < -0.4 is 5.01 Å². The molecular formula is C23H26N4O. The van der Waals surface area contributed by atoms with E-state index in [9.17, 15) is 4.79 Å². The Hall–Kier alpha value is -3.08. The molecule has 5 nitrogen and oxygen atoms in total. The van der Waals surface area contributed by atoms with Gasteiger partial charge in [0.1, 0.15) is 0 Å². The molecule has 2 aromatic rings. The first-order valence-corrected chi connectivity index (χ1v) is 9.40. The SMILES string of the molecule is C=CCc1ccc(N2N=C(C)C(N=Nc3ccccc3C(C)(C)C)C2=O)cc1. The molecule has 0 spiro atoms. The molecule has 1 amide bonds. The molecule has 1 unspecified atom stereocenters. The van der Waals surface area contributed by atoms with Crippen LogP contribution >= 0.6 is 0 Å². The minimum Gasteiger partial charge on any atom is -0.269 e. The monoisotopic (exact) mass is 374 g/mol. The summed E-state index contributed by atoms with van der Waals surface area (Å²) in [4.78, 5) is 12.9. The third-order valence-corrected chi connectivity index (χ3v) is 4.65. The number of anilines is 1. The minimum absolute atomic E-state index is 0.0579. The predicted octanol–water partition coefficient (Wildman–Crippen LogP) is 5.59. The number of hydrogen-bond acceptors (Lipinski definition) is 4. The van der Waals surface area contributed by atoms with Crippen LogP contribution in [0.2, 0.25) is 0 Å². The van der Waals surface area contributed by atoms with E-state index in [1.807, 2.05) is 61.5 Å². The molecular weight excluding hydrogens is 348 g/mol. The quantitative estimate of drug-likeness (QED) is 0.497. The highest BCUT2D eigenvalue weighted by Gasteiger charge is 2.34. The number of rotatable bonds is 5. The first kappa shape index (κ1) is 19.7. The Morgan fingerprint density at radius 3 is 2.46 bits per heavy atom. The Kier molecular flexibility index (Phi) is 5.54. The molecule has 0 saturated heterocycles. The summed E-state index contributed by atoms with van der Waals surface area (Å²) in [7, 11) is 0. The Labute approximate surface area is 166 Å².